The fourth-order valence-corrected chi connectivity index (χ4v) is 10.1. The van der Waals surface area contributed by atoms with Crippen LogP contribution in [0.3, 0.4) is 0 Å². The van der Waals surface area contributed by atoms with Gasteiger partial charge in [-0.05, 0) is 85.4 Å². The van der Waals surface area contributed by atoms with Crippen LogP contribution in [-0.4, -0.2) is 54.1 Å². The average molecular weight is 516 g/mol. The van der Waals surface area contributed by atoms with Crippen LogP contribution in [-0.2, 0) is 14.3 Å². The van der Waals surface area contributed by atoms with E-state index in [1.165, 1.54) is 57.8 Å². The molecule has 0 radical (unpaired) electrons. The monoisotopic (exact) mass is 515 g/mol. The van der Waals surface area contributed by atoms with Crippen molar-refractivity contribution in [2.24, 2.45) is 40.4 Å². The first-order chi connectivity index (χ1) is 17.8. The van der Waals surface area contributed by atoms with Crippen molar-refractivity contribution in [1.82, 2.24) is 4.90 Å². The summed E-state index contributed by atoms with van der Waals surface area (Å²) in [6, 6.07) is 0. The van der Waals surface area contributed by atoms with Crippen LogP contribution in [0.25, 0.3) is 0 Å². The molecule has 5 rings (SSSR count). The number of aliphatic hydroxyl groups is 1. The molecule has 0 bridgehead atoms. The molecule has 1 aliphatic heterocycles. The summed E-state index contributed by atoms with van der Waals surface area (Å²) in [5.41, 5.74) is 0.427. The number of carbonyl (C=O) groups is 2. The Morgan fingerprint density at radius 2 is 1.70 bits per heavy atom. The number of ether oxygens (including phenoxy) is 1. The Morgan fingerprint density at radius 3 is 2.49 bits per heavy atom. The zero-order chi connectivity index (χ0) is 26.0. The first-order valence-electron chi connectivity index (χ1n) is 15.9. The van der Waals surface area contributed by atoms with Crippen LogP contribution in [0.2, 0.25) is 0 Å². The molecular formula is C32H53NO4. The van der Waals surface area contributed by atoms with Gasteiger partial charge in [-0.15, -0.1) is 0 Å². The molecule has 0 aromatic heterocycles. The highest BCUT2D eigenvalue weighted by atomic mass is 16.5. The third-order valence-electron chi connectivity index (χ3n) is 12.1. The van der Waals surface area contributed by atoms with Gasteiger partial charge in [-0.25, -0.2) is 0 Å². The normalized spacial score (nSPS) is 41.7. The number of nitrogens with zero attached hydrogens (tertiary/aromatic N) is 1. The summed E-state index contributed by atoms with van der Waals surface area (Å²) < 4.78 is 5.35. The van der Waals surface area contributed by atoms with Crippen LogP contribution in [0.15, 0.2) is 0 Å². The molecule has 5 fully saturated rings. The van der Waals surface area contributed by atoms with E-state index in [0.29, 0.717) is 54.5 Å². The molecule has 210 valence electrons. The smallest absolute Gasteiger partial charge is 0.222 e. The maximum Gasteiger partial charge on any atom is 0.222 e. The molecule has 4 saturated carbocycles. The third kappa shape index (κ3) is 5.55. The quantitative estimate of drug-likeness (QED) is 0.373. The number of Topliss-reactive ketones (excluding diaryl/α,β-unsaturated/α-hetero) is 1. The Hall–Kier alpha value is -0.940. The predicted molar refractivity (Wildman–Crippen MR) is 146 cm³/mol. The summed E-state index contributed by atoms with van der Waals surface area (Å²) in [4.78, 5) is 26.6. The number of unbranched alkanes of at least 4 members (excludes halogenated alkanes) is 5. The van der Waals surface area contributed by atoms with Gasteiger partial charge in [-0.2, -0.15) is 0 Å². The highest BCUT2D eigenvalue weighted by molar-refractivity contribution is 5.79. The summed E-state index contributed by atoms with van der Waals surface area (Å²) in [7, 11) is 0. The van der Waals surface area contributed by atoms with E-state index in [0.717, 1.165) is 63.5 Å². The van der Waals surface area contributed by atoms with Gasteiger partial charge < -0.3 is 14.7 Å². The Labute approximate surface area is 225 Å². The van der Waals surface area contributed by atoms with E-state index in [1.54, 1.807) is 0 Å². The minimum atomic E-state index is -0.125. The lowest BCUT2D eigenvalue weighted by Gasteiger charge is -2.62. The summed E-state index contributed by atoms with van der Waals surface area (Å²) in [5, 5.41) is 11.1. The van der Waals surface area contributed by atoms with Gasteiger partial charge in [0.05, 0.1) is 19.3 Å². The topological polar surface area (TPSA) is 66.8 Å². The lowest BCUT2D eigenvalue weighted by molar-refractivity contribution is -0.159. The maximum absolute atomic E-state index is 12.4. The molecule has 0 unspecified atom stereocenters. The van der Waals surface area contributed by atoms with Crippen molar-refractivity contribution < 1.29 is 19.4 Å². The van der Waals surface area contributed by atoms with Crippen molar-refractivity contribution >= 4 is 11.7 Å². The number of hydrogen-bond acceptors (Lipinski definition) is 4. The molecule has 5 nitrogen and oxygen atoms in total. The van der Waals surface area contributed by atoms with Crippen molar-refractivity contribution in [1.29, 1.82) is 0 Å². The number of amides is 1. The van der Waals surface area contributed by atoms with Crippen molar-refractivity contribution in [2.75, 3.05) is 26.3 Å². The summed E-state index contributed by atoms with van der Waals surface area (Å²) >= 11 is 0. The number of fused-ring (bicyclic) bond motifs is 5. The van der Waals surface area contributed by atoms with Crippen LogP contribution < -0.4 is 0 Å². The first kappa shape index (κ1) is 27.6. The van der Waals surface area contributed by atoms with Crippen molar-refractivity contribution in [3.8, 4) is 0 Å². The van der Waals surface area contributed by atoms with Gasteiger partial charge in [-0.3, -0.25) is 9.59 Å². The molecule has 0 spiro atoms. The molecule has 0 aromatic carbocycles. The second-order valence-corrected chi connectivity index (χ2v) is 14.0. The lowest BCUT2D eigenvalue weighted by atomic mass is 9.42. The molecule has 5 aliphatic rings. The van der Waals surface area contributed by atoms with E-state index >= 15 is 0 Å². The molecular weight excluding hydrogens is 462 g/mol. The fraction of sp³-hybridized carbons (Fsp3) is 0.938. The highest BCUT2D eigenvalue weighted by Crippen LogP contribution is 2.68. The largest absolute Gasteiger partial charge is 0.393 e. The molecule has 1 heterocycles. The third-order valence-corrected chi connectivity index (χ3v) is 12.1. The molecule has 37 heavy (non-hydrogen) atoms. The summed E-state index contributed by atoms with van der Waals surface area (Å²) in [6.45, 7) is 7.86. The van der Waals surface area contributed by atoms with E-state index < -0.39 is 0 Å². The molecule has 1 amide bonds. The van der Waals surface area contributed by atoms with E-state index in [1.807, 2.05) is 4.90 Å². The number of ketones is 1. The van der Waals surface area contributed by atoms with Crippen LogP contribution in [0.4, 0.5) is 0 Å². The van der Waals surface area contributed by atoms with Gasteiger partial charge in [0, 0.05) is 32.4 Å². The zero-order valence-corrected chi connectivity index (χ0v) is 23.7. The Balaban J connectivity index is 1.11. The minimum absolute atomic E-state index is 0.104. The standard InChI is InChI=1S/C32H53NO4/c1-31-16-15-25(34)21-24(31)11-12-26-27-13-14-28(35)32(27,2)22-23(30(26)31)9-7-5-3-4-6-8-10-29(36)33-17-19-37-20-18-33/h23-24,26-28,30,35H,3-22H2,1-2H3/t23-,24-,26-,27-,28-,30-,31-,32-/m0/s1. The SMILES string of the molecule is C[C@]12CCC(=O)C[C@@H]1CC[C@@H]1[C@@H]2[C@@H](CCCCCCCCC(=O)N2CCOCC2)C[C@]2(C)[C@@H](O)CC[C@@H]12. The Morgan fingerprint density at radius 1 is 0.973 bits per heavy atom. The molecule has 8 atom stereocenters. The zero-order valence-electron chi connectivity index (χ0n) is 23.7. The van der Waals surface area contributed by atoms with E-state index in [2.05, 4.69) is 13.8 Å². The maximum atomic E-state index is 12.4. The van der Waals surface area contributed by atoms with Gasteiger partial charge in [0.1, 0.15) is 5.78 Å². The van der Waals surface area contributed by atoms with Crippen LogP contribution in [0, 0.1) is 40.4 Å². The van der Waals surface area contributed by atoms with E-state index in [-0.39, 0.29) is 11.5 Å². The van der Waals surface area contributed by atoms with Gasteiger partial charge in [0.15, 0.2) is 0 Å². The van der Waals surface area contributed by atoms with Gasteiger partial charge in [-0.1, -0.05) is 52.4 Å². The van der Waals surface area contributed by atoms with E-state index in [9.17, 15) is 14.7 Å². The fourth-order valence-electron chi connectivity index (χ4n) is 10.1. The van der Waals surface area contributed by atoms with Crippen LogP contribution >= 0.6 is 0 Å². The Kier molecular flexibility index (Phi) is 8.70. The van der Waals surface area contributed by atoms with Crippen molar-refractivity contribution in [3.05, 3.63) is 0 Å². The Bertz CT molecular complexity index is 809. The number of hydrogen-bond donors (Lipinski definition) is 1. The van der Waals surface area contributed by atoms with Crippen molar-refractivity contribution in [2.45, 2.75) is 123 Å². The number of rotatable bonds is 9. The number of morpholine rings is 1. The molecule has 1 N–H and O–H groups in total. The van der Waals surface area contributed by atoms with E-state index in [4.69, 9.17) is 4.74 Å². The molecule has 0 aromatic rings. The molecule has 5 heteroatoms. The second kappa shape index (κ2) is 11.7. The number of aliphatic hydroxyl groups excluding tert-OH is 1. The molecule has 1 saturated heterocycles. The second-order valence-electron chi connectivity index (χ2n) is 14.0. The highest BCUT2D eigenvalue weighted by Gasteiger charge is 2.62. The van der Waals surface area contributed by atoms with Crippen LogP contribution in [0.1, 0.15) is 117 Å². The lowest BCUT2D eigenvalue weighted by Crippen LogP contribution is -2.57. The van der Waals surface area contributed by atoms with Gasteiger partial charge in [0.2, 0.25) is 5.91 Å². The van der Waals surface area contributed by atoms with Gasteiger partial charge >= 0.3 is 0 Å². The predicted octanol–water partition coefficient (Wildman–Crippen LogP) is 6.16. The van der Waals surface area contributed by atoms with Crippen molar-refractivity contribution in [3.63, 3.8) is 0 Å². The average Bonchev–Trinajstić information content (AvgIpc) is 3.20. The summed E-state index contributed by atoms with van der Waals surface area (Å²) in [6.07, 6.45) is 17.7. The summed E-state index contributed by atoms with van der Waals surface area (Å²) in [5.74, 6) is 4.27. The molecule has 4 aliphatic carbocycles. The first-order valence-corrected chi connectivity index (χ1v) is 15.9. The number of carbonyl (C=O) groups excluding carboxylic acids is 2. The van der Waals surface area contributed by atoms with Gasteiger partial charge in [0.25, 0.3) is 0 Å². The van der Waals surface area contributed by atoms with Crippen LogP contribution in [0.5, 0.6) is 0 Å². The minimum Gasteiger partial charge on any atom is -0.393 e.